The Bertz CT molecular complexity index is 416. The number of hydrogen-bond donors (Lipinski definition) is 1. The second kappa shape index (κ2) is 5.31. The van der Waals surface area contributed by atoms with E-state index >= 15 is 0 Å². The lowest BCUT2D eigenvalue weighted by Gasteiger charge is -2.42. The topological polar surface area (TPSA) is 21.3 Å². The Morgan fingerprint density at radius 1 is 1.39 bits per heavy atom. The fourth-order valence-corrected chi connectivity index (χ4v) is 3.05. The van der Waals surface area contributed by atoms with Crippen molar-refractivity contribution in [2.45, 2.75) is 58.1 Å². The number of hydrogen-bond acceptors (Lipinski definition) is 2. The fraction of sp³-hybridized carbons (Fsp3) is 0.625. The molecule has 2 atom stereocenters. The highest BCUT2D eigenvalue weighted by molar-refractivity contribution is 5.41. The molecule has 0 aliphatic carbocycles. The summed E-state index contributed by atoms with van der Waals surface area (Å²) in [4.78, 5) is 0. The first-order valence-electron chi connectivity index (χ1n) is 7.11. The third-order valence-corrected chi connectivity index (χ3v) is 4.14. The number of benzene rings is 1. The maximum Gasteiger partial charge on any atom is 0.124 e. The summed E-state index contributed by atoms with van der Waals surface area (Å²) in [7, 11) is 2.05. The van der Waals surface area contributed by atoms with Crippen molar-refractivity contribution in [3.63, 3.8) is 0 Å². The van der Waals surface area contributed by atoms with Crippen molar-refractivity contribution in [3.8, 4) is 5.75 Å². The molecule has 0 amide bonds. The van der Waals surface area contributed by atoms with Crippen LogP contribution in [0.25, 0.3) is 0 Å². The average molecular weight is 247 g/mol. The van der Waals surface area contributed by atoms with Gasteiger partial charge in [-0.2, -0.15) is 0 Å². The zero-order chi connectivity index (χ0) is 13.2. The van der Waals surface area contributed by atoms with Gasteiger partial charge in [0.15, 0.2) is 0 Å². The van der Waals surface area contributed by atoms with E-state index in [2.05, 4.69) is 51.3 Å². The molecule has 0 spiro atoms. The summed E-state index contributed by atoms with van der Waals surface area (Å²) in [5.41, 5.74) is 2.64. The van der Waals surface area contributed by atoms with E-state index in [0.717, 1.165) is 25.0 Å². The molecule has 1 aromatic carbocycles. The predicted molar refractivity (Wildman–Crippen MR) is 76.2 cm³/mol. The van der Waals surface area contributed by atoms with Crippen LogP contribution in [0.1, 0.15) is 56.7 Å². The number of aryl methyl sites for hydroxylation is 1. The van der Waals surface area contributed by atoms with Gasteiger partial charge < -0.3 is 10.1 Å². The molecule has 0 saturated heterocycles. The number of nitrogens with one attached hydrogen (secondary N) is 1. The van der Waals surface area contributed by atoms with Crippen LogP contribution in [0.4, 0.5) is 0 Å². The molecule has 1 aliphatic heterocycles. The first-order chi connectivity index (χ1) is 8.64. The van der Waals surface area contributed by atoms with E-state index in [0.29, 0.717) is 6.04 Å². The molecule has 0 radical (unpaired) electrons. The van der Waals surface area contributed by atoms with Crippen LogP contribution in [-0.2, 0) is 0 Å². The highest BCUT2D eigenvalue weighted by atomic mass is 16.5. The van der Waals surface area contributed by atoms with Gasteiger partial charge in [-0.05, 0) is 32.9 Å². The molecule has 2 rings (SSSR count). The molecule has 2 nitrogen and oxygen atoms in total. The molecule has 1 aliphatic rings. The first kappa shape index (κ1) is 13.4. The van der Waals surface area contributed by atoms with Crippen molar-refractivity contribution >= 4 is 0 Å². The fourth-order valence-electron chi connectivity index (χ4n) is 3.05. The van der Waals surface area contributed by atoms with Crippen LogP contribution in [0, 0.1) is 6.92 Å². The Labute approximate surface area is 111 Å². The van der Waals surface area contributed by atoms with Gasteiger partial charge in [-0.1, -0.05) is 38.0 Å². The van der Waals surface area contributed by atoms with Crippen molar-refractivity contribution in [1.82, 2.24) is 5.32 Å². The summed E-state index contributed by atoms with van der Waals surface area (Å²) in [6.07, 6.45) is 4.46. The second-order valence-corrected chi connectivity index (χ2v) is 5.48. The van der Waals surface area contributed by atoms with Crippen molar-refractivity contribution < 1.29 is 4.74 Å². The lowest BCUT2D eigenvalue weighted by molar-refractivity contribution is 0.0188. The van der Waals surface area contributed by atoms with E-state index in [9.17, 15) is 0 Å². The van der Waals surface area contributed by atoms with Gasteiger partial charge in [0.05, 0.1) is 0 Å². The number of rotatable bonds is 4. The minimum atomic E-state index is 0.0185. The predicted octanol–water partition coefficient (Wildman–Crippen LogP) is 3.99. The molecule has 100 valence electrons. The molecular weight excluding hydrogens is 222 g/mol. The minimum absolute atomic E-state index is 0.0185. The SMILES string of the molecule is CCCC1(CC)CC(NC)c2cc(C)ccc2O1. The Morgan fingerprint density at radius 2 is 2.17 bits per heavy atom. The summed E-state index contributed by atoms with van der Waals surface area (Å²) in [5.74, 6) is 1.07. The monoisotopic (exact) mass is 247 g/mol. The van der Waals surface area contributed by atoms with Gasteiger partial charge in [0.2, 0.25) is 0 Å². The van der Waals surface area contributed by atoms with Crippen molar-refractivity contribution in [2.24, 2.45) is 0 Å². The maximum absolute atomic E-state index is 6.36. The van der Waals surface area contributed by atoms with Gasteiger partial charge in [0, 0.05) is 18.0 Å². The van der Waals surface area contributed by atoms with Gasteiger partial charge in [-0.25, -0.2) is 0 Å². The summed E-state index contributed by atoms with van der Waals surface area (Å²) < 4.78 is 6.36. The van der Waals surface area contributed by atoms with E-state index in [4.69, 9.17) is 4.74 Å². The van der Waals surface area contributed by atoms with E-state index in [1.807, 2.05) is 0 Å². The van der Waals surface area contributed by atoms with Gasteiger partial charge in [-0.3, -0.25) is 0 Å². The van der Waals surface area contributed by atoms with E-state index in [-0.39, 0.29) is 5.60 Å². The Hall–Kier alpha value is -1.02. The van der Waals surface area contributed by atoms with Crippen LogP contribution in [0.15, 0.2) is 18.2 Å². The molecule has 0 saturated carbocycles. The second-order valence-electron chi connectivity index (χ2n) is 5.48. The highest BCUT2D eigenvalue weighted by Crippen LogP contribution is 2.43. The van der Waals surface area contributed by atoms with E-state index in [1.165, 1.54) is 17.5 Å². The Morgan fingerprint density at radius 3 is 2.78 bits per heavy atom. The van der Waals surface area contributed by atoms with Gasteiger partial charge >= 0.3 is 0 Å². The third-order valence-electron chi connectivity index (χ3n) is 4.14. The summed E-state index contributed by atoms with van der Waals surface area (Å²) in [5, 5.41) is 3.45. The minimum Gasteiger partial charge on any atom is -0.487 e. The zero-order valence-corrected chi connectivity index (χ0v) is 12.0. The molecule has 2 heteroatoms. The smallest absolute Gasteiger partial charge is 0.124 e. The first-order valence-corrected chi connectivity index (χ1v) is 7.11. The zero-order valence-electron chi connectivity index (χ0n) is 12.0. The van der Waals surface area contributed by atoms with Crippen LogP contribution in [0.5, 0.6) is 5.75 Å². The molecular formula is C16H25NO. The molecule has 0 bridgehead atoms. The van der Waals surface area contributed by atoms with Crippen LogP contribution >= 0.6 is 0 Å². The van der Waals surface area contributed by atoms with E-state index in [1.54, 1.807) is 0 Å². The molecule has 2 unspecified atom stereocenters. The van der Waals surface area contributed by atoms with Gasteiger partial charge in [0.1, 0.15) is 11.4 Å². The maximum atomic E-state index is 6.36. The van der Waals surface area contributed by atoms with Crippen molar-refractivity contribution in [1.29, 1.82) is 0 Å². The van der Waals surface area contributed by atoms with Crippen LogP contribution in [-0.4, -0.2) is 12.6 Å². The Kier molecular flexibility index (Phi) is 3.96. The number of ether oxygens (including phenoxy) is 1. The molecule has 1 aromatic rings. The molecule has 1 N–H and O–H groups in total. The highest BCUT2D eigenvalue weighted by Gasteiger charge is 2.38. The molecule has 1 heterocycles. The molecule has 0 aromatic heterocycles. The quantitative estimate of drug-likeness (QED) is 0.868. The van der Waals surface area contributed by atoms with Gasteiger partial charge in [0.25, 0.3) is 0 Å². The third kappa shape index (κ3) is 2.39. The van der Waals surface area contributed by atoms with E-state index < -0.39 is 0 Å². The lowest BCUT2D eigenvalue weighted by atomic mass is 9.82. The standard InChI is InChI=1S/C16H25NO/c1-5-9-16(6-2)11-14(17-4)13-10-12(3)7-8-15(13)18-16/h7-8,10,14,17H,5-6,9,11H2,1-4H3. The lowest BCUT2D eigenvalue weighted by Crippen LogP contribution is -2.43. The Balaban J connectivity index is 2.38. The summed E-state index contributed by atoms with van der Waals surface area (Å²) >= 11 is 0. The normalized spacial score (nSPS) is 26.6. The van der Waals surface area contributed by atoms with Crippen molar-refractivity contribution in [3.05, 3.63) is 29.3 Å². The van der Waals surface area contributed by atoms with Gasteiger partial charge in [-0.15, -0.1) is 0 Å². The van der Waals surface area contributed by atoms with Crippen LogP contribution < -0.4 is 10.1 Å². The molecule has 0 fully saturated rings. The molecule has 18 heavy (non-hydrogen) atoms. The van der Waals surface area contributed by atoms with Crippen molar-refractivity contribution in [2.75, 3.05) is 7.05 Å². The largest absolute Gasteiger partial charge is 0.487 e. The van der Waals surface area contributed by atoms with Crippen LogP contribution in [0.2, 0.25) is 0 Å². The summed E-state index contributed by atoms with van der Waals surface area (Å²) in [6.45, 7) is 6.61. The van der Waals surface area contributed by atoms with Crippen LogP contribution in [0.3, 0.4) is 0 Å². The summed E-state index contributed by atoms with van der Waals surface area (Å²) in [6, 6.07) is 6.94. The average Bonchev–Trinajstić information content (AvgIpc) is 2.38. The number of fused-ring (bicyclic) bond motifs is 1.